The number of benzene rings is 1. The third-order valence-electron chi connectivity index (χ3n) is 5.54. The highest BCUT2D eigenvalue weighted by Gasteiger charge is 2.32. The van der Waals surface area contributed by atoms with Gasteiger partial charge in [0.05, 0.1) is 38.7 Å². The molecule has 31 heavy (non-hydrogen) atoms. The molecule has 1 aromatic carbocycles. The maximum absolute atomic E-state index is 13.0. The Hall–Kier alpha value is -1.95. The van der Waals surface area contributed by atoms with Gasteiger partial charge in [0.2, 0.25) is 10.0 Å². The zero-order valence-electron chi connectivity index (χ0n) is 16.9. The lowest BCUT2D eigenvalue weighted by Gasteiger charge is -2.17. The minimum absolute atomic E-state index is 0.00974. The summed E-state index contributed by atoms with van der Waals surface area (Å²) < 4.78 is 52.3. The van der Waals surface area contributed by atoms with Crippen LogP contribution >= 0.6 is 11.6 Å². The first-order valence-corrected chi connectivity index (χ1v) is 13.6. The van der Waals surface area contributed by atoms with Gasteiger partial charge in [0.15, 0.2) is 9.84 Å². The Labute approximate surface area is 186 Å². The van der Waals surface area contributed by atoms with E-state index in [9.17, 15) is 21.6 Å². The van der Waals surface area contributed by atoms with E-state index < -0.39 is 25.8 Å². The largest absolute Gasteiger partial charge is 0.307 e. The summed E-state index contributed by atoms with van der Waals surface area (Å²) in [7, 11) is -6.84. The molecule has 0 aliphatic carbocycles. The standard InChI is InChI=1S/C19H23ClN4O5S2/c1-13-10-18(24(22-13)14-6-9-30(26,27)12-14)21-19(25)16-11-15(4-5-17(16)20)31(28,29)23-7-2-3-8-23/h4-5,10-11,14H,2-3,6-9,12H2,1H3,(H,21,25). The second kappa shape index (κ2) is 8.19. The van der Waals surface area contributed by atoms with Crippen LogP contribution in [0.25, 0.3) is 0 Å². The van der Waals surface area contributed by atoms with E-state index in [1.807, 2.05) is 0 Å². The predicted molar refractivity (Wildman–Crippen MR) is 117 cm³/mol. The maximum atomic E-state index is 13.0. The van der Waals surface area contributed by atoms with Gasteiger partial charge in [-0.2, -0.15) is 9.40 Å². The number of amides is 1. The monoisotopic (exact) mass is 486 g/mol. The second-order valence-electron chi connectivity index (χ2n) is 7.88. The SMILES string of the molecule is Cc1cc(NC(=O)c2cc(S(=O)(=O)N3CCCC3)ccc2Cl)n(C2CCS(=O)(=O)C2)n1. The Morgan fingerprint density at radius 2 is 1.94 bits per heavy atom. The number of aromatic nitrogens is 2. The summed E-state index contributed by atoms with van der Waals surface area (Å²) >= 11 is 6.21. The minimum atomic E-state index is -3.70. The van der Waals surface area contributed by atoms with Crippen LogP contribution in [0, 0.1) is 6.92 Å². The molecule has 2 aliphatic heterocycles. The summed E-state index contributed by atoms with van der Waals surface area (Å²) in [4.78, 5) is 13.0. The van der Waals surface area contributed by atoms with Crippen LogP contribution in [0.15, 0.2) is 29.2 Å². The van der Waals surface area contributed by atoms with Crippen LogP contribution in [0.4, 0.5) is 5.82 Å². The van der Waals surface area contributed by atoms with Crippen molar-refractivity contribution in [1.29, 1.82) is 0 Å². The number of anilines is 1. The lowest BCUT2D eigenvalue weighted by molar-refractivity contribution is 0.102. The van der Waals surface area contributed by atoms with Crippen molar-refractivity contribution >= 4 is 43.2 Å². The summed E-state index contributed by atoms with van der Waals surface area (Å²) in [6.07, 6.45) is 2.03. The number of nitrogens with one attached hydrogen (secondary N) is 1. The fourth-order valence-electron chi connectivity index (χ4n) is 3.96. The molecular weight excluding hydrogens is 464 g/mol. The van der Waals surface area contributed by atoms with Crippen molar-refractivity contribution in [2.75, 3.05) is 29.9 Å². The number of halogens is 1. The van der Waals surface area contributed by atoms with Gasteiger partial charge in [-0.3, -0.25) is 4.79 Å². The van der Waals surface area contributed by atoms with Gasteiger partial charge in [0, 0.05) is 19.2 Å². The number of hydrogen-bond donors (Lipinski definition) is 1. The van der Waals surface area contributed by atoms with Crippen molar-refractivity contribution in [3.05, 3.63) is 40.5 Å². The third kappa shape index (κ3) is 4.50. The Balaban J connectivity index is 1.61. The van der Waals surface area contributed by atoms with Crippen LogP contribution < -0.4 is 5.32 Å². The van der Waals surface area contributed by atoms with Gasteiger partial charge in [0.1, 0.15) is 5.82 Å². The van der Waals surface area contributed by atoms with E-state index in [-0.39, 0.29) is 33.0 Å². The molecule has 1 aromatic heterocycles. The van der Waals surface area contributed by atoms with Crippen molar-refractivity contribution in [2.24, 2.45) is 0 Å². The Morgan fingerprint density at radius 1 is 1.23 bits per heavy atom. The summed E-state index contributed by atoms with van der Waals surface area (Å²) in [6, 6.07) is 5.34. The highest BCUT2D eigenvalue weighted by atomic mass is 35.5. The minimum Gasteiger partial charge on any atom is -0.307 e. The molecule has 1 unspecified atom stereocenters. The first kappa shape index (κ1) is 22.3. The van der Waals surface area contributed by atoms with Crippen molar-refractivity contribution in [3.8, 4) is 0 Å². The number of rotatable bonds is 5. The van der Waals surface area contributed by atoms with E-state index in [1.54, 1.807) is 13.0 Å². The molecule has 0 spiro atoms. The van der Waals surface area contributed by atoms with Crippen LogP contribution in [0.5, 0.6) is 0 Å². The topological polar surface area (TPSA) is 118 Å². The molecule has 2 aliphatic rings. The molecule has 2 fully saturated rings. The molecule has 1 amide bonds. The van der Waals surface area contributed by atoms with Crippen LogP contribution in [-0.4, -0.2) is 61.4 Å². The van der Waals surface area contributed by atoms with Gasteiger partial charge in [-0.25, -0.2) is 21.5 Å². The molecule has 0 saturated carbocycles. The number of carbonyl (C=O) groups excluding carboxylic acids is 1. The number of sulfonamides is 1. The number of aryl methyl sites for hydroxylation is 1. The molecule has 4 rings (SSSR count). The number of sulfone groups is 1. The number of hydrogen-bond acceptors (Lipinski definition) is 6. The molecule has 2 saturated heterocycles. The third-order valence-corrected chi connectivity index (χ3v) is 9.51. The fraction of sp³-hybridized carbons (Fsp3) is 0.474. The van der Waals surface area contributed by atoms with Crippen molar-refractivity contribution in [1.82, 2.24) is 14.1 Å². The molecule has 0 radical (unpaired) electrons. The summed E-state index contributed by atoms with van der Waals surface area (Å²) in [5, 5.41) is 7.17. The first-order valence-electron chi connectivity index (χ1n) is 9.94. The van der Waals surface area contributed by atoms with Gasteiger partial charge >= 0.3 is 0 Å². The van der Waals surface area contributed by atoms with E-state index in [4.69, 9.17) is 11.6 Å². The Morgan fingerprint density at radius 3 is 2.58 bits per heavy atom. The average molecular weight is 487 g/mol. The van der Waals surface area contributed by atoms with Gasteiger partial charge in [0.25, 0.3) is 5.91 Å². The van der Waals surface area contributed by atoms with Crippen LogP contribution in [0.2, 0.25) is 5.02 Å². The molecule has 3 heterocycles. The van der Waals surface area contributed by atoms with E-state index in [2.05, 4.69) is 10.4 Å². The van der Waals surface area contributed by atoms with E-state index in [0.29, 0.717) is 31.0 Å². The van der Waals surface area contributed by atoms with Crippen LogP contribution in [0.1, 0.15) is 41.4 Å². The van der Waals surface area contributed by atoms with Gasteiger partial charge < -0.3 is 5.32 Å². The van der Waals surface area contributed by atoms with Crippen molar-refractivity contribution < 1.29 is 21.6 Å². The normalized spacial score (nSPS) is 21.4. The fourth-order valence-corrected chi connectivity index (χ4v) is 7.40. The predicted octanol–water partition coefficient (Wildman–Crippen LogP) is 2.24. The quantitative estimate of drug-likeness (QED) is 0.692. The van der Waals surface area contributed by atoms with Gasteiger partial charge in [-0.15, -0.1) is 0 Å². The lowest BCUT2D eigenvalue weighted by atomic mass is 10.2. The van der Waals surface area contributed by atoms with E-state index >= 15 is 0 Å². The first-order chi connectivity index (χ1) is 14.6. The molecule has 12 heteroatoms. The highest BCUT2D eigenvalue weighted by molar-refractivity contribution is 7.91. The summed E-state index contributed by atoms with van der Waals surface area (Å²) in [6.45, 7) is 2.65. The average Bonchev–Trinajstić information content (AvgIpc) is 3.42. The van der Waals surface area contributed by atoms with Crippen LogP contribution in [-0.2, 0) is 19.9 Å². The smallest absolute Gasteiger partial charge is 0.258 e. The molecular formula is C19H23ClN4O5S2. The van der Waals surface area contributed by atoms with E-state index in [1.165, 1.54) is 27.2 Å². The van der Waals surface area contributed by atoms with E-state index in [0.717, 1.165) is 12.8 Å². The second-order valence-corrected chi connectivity index (χ2v) is 12.5. The van der Waals surface area contributed by atoms with Crippen molar-refractivity contribution in [2.45, 2.75) is 37.1 Å². The zero-order chi connectivity index (χ0) is 22.4. The molecule has 2 aromatic rings. The lowest BCUT2D eigenvalue weighted by Crippen LogP contribution is -2.28. The Kier molecular flexibility index (Phi) is 5.88. The van der Waals surface area contributed by atoms with Crippen LogP contribution in [0.3, 0.4) is 0 Å². The molecule has 1 N–H and O–H groups in total. The maximum Gasteiger partial charge on any atom is 0.258 e. The molecule has 168 valence electrons. The highest BCUT2D eigenvalue weighted by Crippen LogP contribution is 2.29. The summed E-state index contributed by atoms with van der Waals surface area (Å²) in [5.74, 6) is -0.216. The molecule has 9 nitrogen and oxygen atoms in total. The Bertz CT molecular complexity index is 1230. The number of carbonyl (C=O) groups is 1. The van der Waals surface area contributed by atoms with Crippen molar-refractivity contribution in [3.63, 3.8) is 0 Å². The molecule has 1 atom stereocenters. The van der Waals surface area contributed by atoms with Gasteiger partial charge in [-0.05, 0) is 44.4 Å². The summed E-state index contributed by atoms with van der Waals surface area (Å²) in [5.41, 5.74) is 0.641. The molecule has 0 bridgehead atoms. The zero-order valence-corrected chi connectivity index (χ0v) is 19.3. The number of nitrogens with zero attached hydrogens (tertiary/aromatic N) is 3. The van der Waals surface area contributed by atoms with Gasteiger partial charge in [-0.1, -0.05) is 11.6 Å².